The molecule has 0 bridgehead atoms. The van der Waals surface area contributed by atoms with Crippen LogP contribution < -0.4 is 10.6 Å². The van der Waals surface area contributed by atoms with Gasteiger partial charge < -0.3 is 24.9 Å². The molecule has 40 heavy (non-hydrogen) atoms. The zero-order chi connectivity index (χ0) is 28.6. The lowest BCUT2D eigenvalue weighted by atomic mass is 10.1. The fourth-order valence-electron chi connectivity index (χ4n) is 3.57. The van der Waals surface area contributed by atoms with E-state index in [1.807, 2.05) is 0 Å². The van der Waals surface area contributed by atoms with Gasteiger partial charge in [-0.25, -0.2) is 9.59 Å². The number of amides is 2. The fraction of sp³-hybridized carbons (Fsp3) is 0.0667. The van der Waals surface area contributed by atoms with E-state index < -0.39 is 23.8 Å². The number of ether oxygens (including phenoxy) is 1. The highest BCUT2D eigenvalue weighted by Crippen LogP contribution is 2.25. The number of furan rings is 1. The summed E-state index contributed by atoms with van der Waals surface area (Å²) in [6, 6.07) is 21.8. The smallest absolute Gasteiger partial charge is 0.338 e. The van der Waals surface area contributed by atoms with E-state index in [-0.39, 0.29) is 29.2 Å². The molecular weight excluding hydrogens is 536 g/mol. The van der Waals surface area contributed by atoms with Gasteiger partial charge in [0, 0.05) is 22.0 Å². The lowest BCUT2D eigenvalue weighted by Crippen LogP contribution is -2.25. The standard InChI is InChI=1S/C30H23ClN2O7/c1-2-39-30(38)20-7-13-23(14-8-20)33-28(35)25(27(34)32-22-11-5-19(6-12-22)29(36)37)17-24-15-16-26(40-24)18-3-9-21(31)10-4-18/h3-17H,2H2,1H3,(H,32,34)(H,33,35)(H,36,37)/b25-17+. The molecule has 4 rings (SSSR count). The second kappa shape index (κ2) is 12.6. The van der Waals surface area contributed by atoms with Crippen LogP contribution in [0.3, 0.4) is 0 Å². The molecule has 0 spiro atoms. The van der Waals surface area contributed by atoms with Crippen LogP contribution in [0.25, 0.3) is 17.4 Å². The number of carboxylic acid groups (broad SMARTS) is 1. The van der Waals surface area contributed by atoms with Crippen molar-refractivity contribution in [1.29, 1.82) is 0 Å². The van der Waals surface area contributed by atoms with Crippen LogP contribution in [0.4, 0.5) is 11.4 Å². The van der Waals surface area contributed by atoms with E-state index in [9.17, 15) is 19.2 Å². The number of carbonyl (C=O) groups excluding carboxylic acids is 3. The molecule has 10 heteroatoms. The topological polar surface area (TPSA) is 135 Å². The molecule has 0 saturated carbocycles. The van der Waals surface area contributed by atoms with E-state index in [0.717, 1.165) is 5.56 Å². The third-order valence-electron chi connectivity index (χ3n) is 5.57. The van der Waals surface area contributed by atoms with Gasteiger partial charge in [-0.1, -0.05) is 11.6 Å². The first-order valence-corrected chi connectivity index (χ1v) is 12.4. The Bertz CT molecular complexity index is 1570. The summed E-state index contributed by atoms with van der Waals surface area (Å²) < 4.78 is 10.8. The van der Waals surface area contributed by atoms with Gasteiger partial charge in [-0.05, 0) is 97.9 Å². The number of hydrogen-bond acceptors (Lipinski definition) is 6. The molecule has 0 aliphatic carbocycles. The van der Waals surface area contributed by atoms with Crippen molar-refractivity contribution in [1.82, 2.24) is 0 Å². The summed E-state index contributed by atoms with van der Waals surface area (Å²) >= 11 is 5.96. The second-order valence-electron chi connectivity index (χ2n) is 8.36. The van der Waals surface area contributed by atoms with Gasteiger partial charge in [-0.15, -0.1) is 0 Å². The van der Waals surface area contributed by atoms with E-state index in [1.54, 1.807) is 43.3 Å². The average Bonchev–Trinajstić information content (AvgIpc) is 3.41. The monoisotopic (exact) mass is 558 g/mol. The Morgan fingerprint density at radius 3 is 1.88 bits per heavy atom. The predicted molar refractivity (Wildman–Crippen MR) is 150 cm³/mol. The van der Waals surface area contributed by atoms with Gasteiger partial charge in [-0.2, -0.15) is 0 Å². The Labute approximate surface area is 234 Å². The van der Waals surface area contributed by atoms with Crippen molar-refractivity contribution in [2.24, 2.45) is 0 Å². The number of carboxylic acids is 1. The van der Waals surface area contributed by atoms with E-state index in [4.69, 9.17) is 25.9 Å². The fourth-order valence-corrected chi connectivity index (χ4v) is 3.70. The van der Waals surface area contributed by atoms with Gasteiger partial charge in [0.15, 0.2) is 0 Å². The lowest BCUT2D eigenvalue weighted by molar-refractivity contribution is -0.118. The van der Waals surface area contributed by atoms with Crippen molar-refractivity contribution < 1.29 is 33.4 Å². The van der Waals surface area contributed by atoms with Crippen molar-refractivity contribution >= 4 is 52.8 Å². The number of nitrogens with one attached hydrogen (secondary N) is 2. The number of hydrogen-bond donors (Lipinski definition) is 3. The number of rotatable bonds is 9. The minimum atomic E-state index is -1.11. The van der Waals surface area contributed by atoms with E-state index in [1.165, 1.54) is 54.6 Å². The minimum absolute atomic E-state index is 0.0445. The molecule has 1 aromatic heterocycles. The number of benzene rings is 3. The van der Waals surface area contributed by atoms with Gasteiger partial charge in [-0.3, -0.25) is 9.59 Å². The molecule has 0 fully saturated rings. The second-order valence-corrected chi connectivity index (χ2v) is 8.79. The molecule has 1 heterocycles. The molecule has 0 atom stereocenters. The zero-order valence-corrected chi connectivity index (χ0v) is 21.9. The average molecular weight is 559 g/mol. The van der Waals surface area contributed by atoms with Crippen molar-refractivity contribution in [3.05, 3.63) is 112 Å². The number of anilines is 2. The minimum Gasteiger partial charge on any atom is -0.478 e. The highest BCUT2D eigenvalue weighted by molar-refractivity contribution is 6.30. The van der Waals surface area contributed by atoms with Crippen LogP contribution in [0, 0.1) is 0 Å². The summed E-state index contributed by atoms with van der Waals surface area (Å²) in [6.07, 6.45) is 1.29. The first kappa shape index (κ1) is 27.9. The van der Waals surface area contributed by atoms with Crippen LogP contribution >= 0.6 is 11.6 Å². The Morgan fingerprint density at radius 1 is 0.800 bits per heavy atom. The first-order valence-electron chi connectivity index (χ1n) is 12.0. The Balaban J connectivity index is 1.60. The molecule has 2 amide bonds. The number of aromatic carboxylic acids is 1. The zero-order valence-electron chi connectivity index (χ0n) is 21.1. The molecule has 3 aromatic carbocycles. The lowest BCUT2D eigenvalue weighted by Gasteiger charge is -2.11. The van der Waals surface area contributed by atoms with Crippen molar-refractivity contribution in [3.8, 4) is 11.3 Å². The molecule has 0 radical (unpaired) electrons. The van der Waals surface area contributed by atoms with Crippen LogP contribution in [0.15, 0.2) is 94.9 Å². The maximum Gasteiger partial charge on any atom is 0.338 e. The summed E-state index contributed by atoms with van der Waals surface area (Å²) in [5.41, 5.74) is 1.44. The molecule has 4 aromatic rings. The third-order valence-corrected chi connectivity index (χ3v) is 5.83. The van der Waals surface area contributed by atoms with Crippen LogP contribution in [0.2, 0.25) is 5.02 Å². The van der Waals surface area contributed by atoms with Gasteiger partial charge in [0.25, 0.3) is 11.8 Å². The maximum atomic E-state index is 13.3. The third kappa shape index (κ3) is 7.03. The highest BCUT2D eigenvalue weighted by Gasteiger charge is 2.21. The molecule has 0 aliphatic rings. The summed E-state index contributed by atoms with van der Waals surface area (Å²) in [7, 11) is 0. The summed E-state index contributed by atoms with van der Waals surface area (Å²) in [5, 5.41) is 14.9. The molecular formula is C30H23ClN2O7. The Hall–Kier alpha value is -5.15. The van der Waals surface area contributed by atoms with Crippen molar-refractivity contribution in [3.63, 3.8) is 0 Å². The van der Waals surface area contributed by atoms with E-state index in [2.05, 4.69) is 10.6 Å². The SMILES string of the molecule is CCOC(=O)c1ccc(NC(=O)/C(=C/c2ccc(-c3ccc(Cl)cc3)o2)C(=O)Nc2ccc(C(=O)O)cc2)cc1. The Kier molecular flexibility index (Phi) is 8.78. The molecule has 0 unspecified atom stereocenters. The number of esters is 1. The summed E-state index contributed by atoms with van der Waals surface area (Å²) in [4.78, 5) is 49.5. The molecule has 3 N–H and O–H groups in total. The van der Waals surface area contributed by atoms with Gasteiger partial charge in [0.05, 0.1) is 17.7 Å². The van der Waals surface area contributed by atoms with Crippen LogP contribution in [0.5, 0.6) is 0 Å². The molecule has 0 aliphatic heterocycles. The maximum absolute atomic E-state index is 13.3. The number of halogens is 1. The Morgan fingerprint density at radius 2 is 1.35 bits per heavy atom. The molecule has 9 nitrogen and oxygen atoms in total. The number of carbonyl (C=O) groups is 4. The first-order chi connectivity index (χ1) is 19.2. The van der Waals surface area contributed by atoms with Crippen LogP contribution in [0.1, 0.15) is 33.4 Å². The van der Waals surface area contributed by atoms with Gasteiger partial charge in [0.2, 0.25) is 0 Å². The highest BCUT2D eigenvalue weighted by atomic mass is 35.5. The predicted octanol–water partition coefficient (Wildman–Crippen LogP) is 6.14. The largest absolute Gasteiger partial charge is 0.478 e. The van der Waals surface area contributed by atoms with Crippen molar-refractivity contribution in [2.45, 2.75) is 6.92 Å². The van der Waals surface area contributed by atoms with Crippen LogP contribution in [-0.2, 0) is 14.3 Å². The quantitative estimate of drug-likeness (QED) is 0.0972. The van der Waals surface area contributed by atoms with E-state index >= 15 is 0 Å². The van der Waals surface area contributed by atoms with Gasteiger partial charge >= 0.3 is 11.9 Å². The van der Waals surface area contributed by atoms with E-state index in [0.29, 0.717) is 22.0 Å². The summed E-state index contributed by atoms with van der Waals surface area (Å²) in [6.45, 7) is 1.93. The molecule has 0 saturated heterocycles. The van der Waals surface area contributed by atoms with Crippen molar-refractivity contribution in [2.75, 3.05) is 17.2 Å². The summed E-state index contributed by atoms with van der Waals surface area (Å²) in [5.74, 6) is -2.36. The van der Waals surface area contributed by atoms with Crippen LogP contribution in [-0.4, -0.2) is 35.5 Å². The molecule has 202 valence electrons. The van der Waals surface area contributed by atoms with Gasteiger partial charge in [0.1, 0.15) is 17.1 Å². The normalized spacial score (nSPS) is 11.0.